The number of para-hydroxylation sites is 1. The number of aliphatic hydroxyl groups is 1. The van der Waals surface area contributed by atoms with Gasteiger partial charge in [0.05, 0.1) is 17.0 Å². The van der Waals surface area contributed by atoms with Crippen molar-refractivity contribution in [1.29, 1.82) is 0 Å². The normalized spacial score (nSPS) is 15.5. The number of benzene rings is 3. The van der Waals surface area contributed by atoms with Gasteiger partial charge in [-0.1, -0.05) is 51.0 Å². The van der Waals surface area contributed by atoms with E-state index in [2.05, 4.69) is 34.8 Å². The molecule has 3 aromatic carbocycles. The quantitative estimate of drug-likeness (QED) is 0.0656. The van der Waals surface area contributed by atoms with Gasteiger partial charge >= 0.3 is 6.18 Å². The van der Waals surface area contributed by atoms with E-state index in [-0.39, 0.29) is 13.2 Å². The Kier molecular flexibility index (Phi) is 22.3. The smallest absolute Gasteiger partial charge is 0.416 e. The summed E-state index contributed by atoms with van der Waals surface area (Å²) in [5.41, 5.74) is 15.9. The first-order valence-corrected chi connectivity index (χ1v) is 20.4. The van der Waals surface area contributed by atoms with E-state index in [0.29, 0.717) is 41.3 Å². The number of primary amides is 1. The topological polar surface area (TPSA) is 176 Å². The van der Waals surface area contributed by atoms with E-state index in [4.69, 9.17) is 30.1 Å². The third-order valence-corrected chi connectivity index (χ3v) is 10.1. The molecule has 2 aliphatic heterocycles. The summed E-state index contributed by atoms with van der Waals surface area (Å²) < 4.78 is 48.1. The molecule has 2 aliphatic carbocycles. The molecule has 0 aromatic heterocycles. The van der Waals surface area contributed by atoms with Gasteiger partial charge in [0.1, 0.15) is 0 Å². The zero-order valence-electron chi connectivity index (χ0n) is 37.2. The van der Waals surface area contributed by atoms with Crippen LogP contribution in [0, 0.1) is 12.8 Å². The van der Waals surface area contributed by atoms with Crippen molar-refractivity contribution in [2.24, 2.45) is 16.6 Å². The maximum atomic E-state index is 12.4. The summed E-state index contributed by atoms with van der Waals surface area (Å²) in [6.07, 6.45) is 4.77. The SMILES string of the molecule is CC1CC1.CC=C(N=C(N/C(CC)=C(\C=O)N1CCN(C)CC1)N(C)C)c1ccc2c(c1)OCO2.CO.Cc1ccc(C(F)(F)F)c2c1CC2.NC=O.Nc1ccccc1C=O. The standard InChI is InChI=1S/C23H33N5O3.C10H9F3.C7H7NO.C4H8.CH3NO.CH4O/c1-6-18(17-8-9-21-22(14-17)31-16-30-21)24-23(26(3)4)25-19(7-2)20(15-29)28-12-10-27(5)11-13-28;1-6-2-5-9(10(11,12)13)8-4-3-7(6)8;8-7-4-2-1-3-6(7)5-9;1-4-2-3-4;2-1-3;1-2/h6,8-9,14-15H,7,10-13,16H2,1-5H3,(H,24,25);2,5H,3-4H2,1H3;1-5H,8H2;4H,2-3H2,1H3;1H,(H2,2,3);2H,1H3/b18-6?,20-19+;;;;;. The van der Waals surface area contributed by atoms with Crippen molar-refractivity contribution < 1.29 is 42.1 Å². The van der Waals surface area contributed by atoms with E-state index in [1.54, 1.807) is 30.3 Å². The number of nitrogens with two attached hydrogens (primary N) is 2. The van der Waals surface area contributed by atoms with Crippen LogP contribution in [-0.4, -0.2) is 106 Å². The molecular weight excluding hydrogens is 804 g/mol. The van der Waals surface area contributed by atoms with Crippen LogP contribution in [0.15, 0.2) is 77.1 Å². The number of piperazine rings is 1. The summed E-state index contributed by atoms with van der Waals surface area (Å²) in [5.74, 6) is 3.21. The number of fused-ring (bicyclic) bond motifs is 2. The molecule has 16 heteroatoms. The predicted molar refractivity (Wildman–Crippen MR) is 240 cm³/mol. The fourth-order valence-corrected chi connectivity index (χ4v) is 6.13. The number of guanidine groups is 1. The molecule has 0 bridgehead atoms. The van der Waals surface area contributed by atoms with Crippen molar-refractivity contribution in [3.63, 3.8) is 0 Å². The molecule has 0 atom stereocenters. The maximum absolute atomic E-state index is 12.4. The molecule has 0 unspecified atom stereocenters. The second-order valence-corrected chi connectivity index (χ2v) is 14.8. The van der Waals surface area contributed by atoms with E-state index in [1.165, 1.54) is 18.9 Å². The Labute approximate surface area is 364 Å². The first-order valence-electron chi connectivity index (χ1n) is 20.4. The van der Waals surface area contributed by atoms with Gasteiger partial charge in [-0.3, -0.25) is 14.4 Å². The average molecular weight is 868 g/mol. The van der Waals surface area contributed by atoms with Crippen LogP contribution in [0.2, 0.25) is 0 Å². The van der Waals surface area contributed by atoms with E-state index in [1.807, 2.05) is 64.0 Å². The van der Waals surface area contributed by atoms with Gasteiger partial charge < -0.3 is 46.1 Å². The second kappa shape index (κ2) is 26.5. The third-order valence-electron chi connectivity index (χ3n) is 10.1. The lowest BCUT2D eigenvalue weighted by Gasteiger charge is -2.35. The van der Waals surface area contributed by atoms with Gasteiger partial charge in [0.15, 0.2) is 24.1 Å². The van der Waals surface area contributed by atoms with Gasteiger partial charge in [-0.2, -0.15) is 13.2 Å². The number of aliphatic imine (C=N–C) groups is 1. The third kappa shape index (κ3) is 16.2. The number of carbonyl (C=O) groups is 3. The number of nitrogen functional groups attached to an aromatic ring is 1. The van der Waals surface area contributed by atoms with Crippen LogP contribution >= 0.6 is 0 Å². The number of hydrogen-bond donors (Lipinski definition) is 4. The van der Waals surface area contributed by atoms with Gasteiger partial charge in [0.2, 0.25) is 19.2 Å². The van der Waals surface area contributed by atoms with E-state index < -0.39 is 11.7 Å². The summed E-state index contributed by atoms with van der Waals surface area (Å²) >= 11 is 0. The number of hydrogen-bond acceptors (Lipinski definition) is 10. The molecule has 1 saturated heterocycles. The van der Waals surface area contributed by atoms with Crippen LogP contribution in [0.3, 0.4) is 0 Å². The minimum atomic E-state index is -4.18. The molecule has 13 nitrogen and oxygen atoms in total. The van der Waals surface area contributed by atoms with Gasteiger partial charge in [-0.15, -0.1) is 0 Å². The zero-order chi connectivity index (χ0) is 46.4. The van der Waals surface area contributed by atoms with Crippen LogP contribution in [0.25, 0.3) is 5.70 Å². The monoisotopic (exact) mass is 867 g/mol. The van der Waals surface area contributed by atoms with Crippen LogP contribution in [0.4, 0.5) is 18.9 Å². The molecule has 1 saturated carbocycles. The number of halogens is 3. The molecule has 62 heavy (non-hydrogen) atoms. The Morgan fingerprint density at radius 1 is 0.968 bits per heavy atom. The minimum absolute atomic E-state index is 0.239. The highest BCUT2D eigenvalue weighted by Gasteiger charge is 2.36. The highest BCUT2D eigenvalue weighted by Crippen LogP contribution is 2.39. The summed E-state index contributed by atoms with van der Waals surface area (Å²) in [4.78, 5) is 41.9. The van der Waals surface area contributed by atoms with Crippen molar-refractivity contribution in [1.82, 2.24) is 20.0 Å². The number of ether oxygens (including phenoxy) is 2. The Morgan fingerprint density at radius 2 is 1.56 bits per heavy atom. The summed E-state index contributed by atoms with van der Waals surface area (Å²) in [6, 6.07) is 15.5. The fraction of sp³-hybridized carbons (Fsp3) is 0.435. The average Bonchev–Trinajstić information content (AvgIpc) is 3.88. The number of nitrogens with one attached hydrogen (secondary N) is 1. The molecule has 3 aromatic rings. The lowest BCUT2D eigenvalue weighted by molar-refractivity contribution is -0.138. The molecule has 2 fully saturated rings. The first kappa shape index (κ1) is 52.3. The highest BCUT2D eigenvalue weighted by atomic mass is 19.4. The number of aldehydes is 2. The van der Waals surface area contributed by atoms with Crippen molar-refractivity contribution >= 4 is 36.3 Å². The number of aryl methyl sites for hydroxylation is 1. The molecule has 0 spiro atoms. The first-order chi connectivity index (χ1) is 29.6. The molecule has 4 aliphatic rings. The molecule has 7 rings (SSSR count). The maximum Gasteiger partial charge on any atom is 0.416 e. The molecule has 6 N–H and O–H groups in total. The van der Waals surface area contributed by atoms with Gasteiger partial charge in [0.25, 0.3) is 0 Å². The lowest BCUT2D eigenvalue weighted by atomic mass is 9.81. The molecule has 1 amide bonds. The predicted octanol–water partition coefficient (Wildman–Crippen LogP) is 6.67. The number of amides is 1. The second-order valence-electron chi connectivity index (χ2n) is 14.8. The molecular formula is C46H64F3N7O6. The van der Waals surface area contributed by atoms with Crippen LogP contribution in [-0.2, 0) is 28.6 Å². The van der Waals surface area contributed by atoms with Crippen molar-refractivity contribution in [3.8, 4) is 11.5 Å². The number of rotatable bonds is 7. The number of carbonyl (C=O) groups excluding carboxylic acids is 3. The van der Waals surface area contributed by atoms with Crippen LogP contribution in [0.5, 0.6) is 11.5 Å². The molecule has 340 valence electrons. The van der Waals surface area contributed by atoms with Crippen LogP contribution in [0.1, 0.15) is 78.2 Å². The fourth-order valence-electron chi connectivity index (χ4n) is 6.13. The molecule has 2 heterocycles. The lowest BCUT2D eigenvalue weighted by Crippen LogP contribution is -2.45. The van der Waals surface area contributed by atoms with E-state index in [9.17, 15) is 22.8 Å². The van der Waals surface area contributed by atoms with E-state index >= 15 is 0 Å². The van der Waals surface area contributed by atoms with E-state index in [0.717, 1.165) is 97.8 Å². The Bertz CT molecular complexity index is 1990. The van der Waals surface area contributed by atoms with Crippen molar-refractivity contribution in [3.05, 3.63) is 105 Å². The Morgan fingerprint density at radius 3 is 2.03 bits per heavy atom. The largest absolute Gasteiger partial charge is 0.454 e. The van der Waals surface area contributed by atoms with Crippen molar-refractivity contribution in [2.75, 3.05) is 67.0 Å². The van der Waals surface area contributed by atoms with Crippen molar-refractivity contribution in [2.45, 2.75) is 66.0 Å². The number of aliphatic hydroxyl groups excluding tert-OH is 1. The summed E-state index contributed by atoms with van der Waals surface area (Å²) in [5, 5.41) is 10.4. The zero-order valence-corrected chi connectivity index (χ0v) is 37.2. The van der Waals surface area contributed by atoms with Gasteiger partial charge in [0, 0.05) is 69.9 Å². The Balaban J connectivity index is 0.000000344. The highest BCUT2D eigenvalue weighted by molar-refractivity contribution is 5.88. The Hall–Kier alpha value is -5.87. The van der Waals surface area contributed by atoms with Crippen LogP contribution < -0.4 is 26.3 Å². The summed E-state index contributed by atoms with van der Waals surface area (Å²) in [7, 11) is 6.97. The minimum Gasteiger partial charge on any atom is -0.454 e. The summed E-state index contributed by atoms with van der Waals surface area (Å²) in [6.45, 7) is 11.9. The number of nitrogens with zero attached hydrogens (tertiary/aromatic N) is 4. The van der Waals surface area contributed by atoms with Gasteiger partial charge in [-0.25, -0.2) is 4.99 Å². The van der Waals surface area contributed by atoms with Gasteiger partial charge in [-0.05, 0) is 99.2 Å². The number of allylic oxidation sites excluding steroid dienone is 3. The molecule has 0 radical (unpaired) electrons. The number of anilines is 1. The number of alkyl halides is 3. The number of likely N-dealkylation sites (N-methyl/N-ethyl adjacent to an activating group) is 1.